The molecule has 7 aromatic carbocycles. The molecule has 0 saturated heterocycles. The first kappa shape index (κ1) is 72.2. The van der Waals surface area contributed by atoms with Gasteiger partial charge in [-0.25, -0.2) is 9.97 Å². The van der Waals surface area contributed by atoms with Crippen LogP contribution in [0.25, 0.3) is 78.4 Å². The van der Waals surface area contributed by atoms with Gasteiger partial charge in [0.05, 0.1) is 55.8 Å². The first-order chi connectivity index (χ1) is 46.9. The Labute approximate surface area is 574 Å². The molecule has 11 heteroatoms. The van der Waals surface area contributed by atoms with Crippen LogP contribution in [0.2, 0.25) is 0 Å². The summed E-state index contributed by atoms with van der Waals surface area (Å²) < 4.78 is 29.1. The van der Waals surface area contributed by atoms with Crippen LogP contribution in [-0.4, -0.2) is 89.3 Å². The van der Waals surface area contributed by atoms with Crippen molar-refractivity contribution in [2.45, 2.75) is 113 Å². The van der Waals surface area contributed by atoms with Crippen molar-refractivity contribution in [3.63, 3.8) is 0 Å². The zero-order chi connectivity index (χ0) is 67.9. The Bertz CT molecular complexity index is 3760. The lowest BCUT2D eigenvalue weighted by atomic mass is 9.99. The van der Waals surface area contributed by atoms with Gasteiger partial charge in [-0.05, 0) is 202 Å². The van der Waals surface area contributed by atoms with Gasteiger partial charge >= 0.3 is 0 Å². The van der Waals surface area contributed by atoms with Gasteiger partial charge in [0, 0.05) is 92.7 Å². The van der Waals surface area contributed by atoms with Gasteiger partial charge in [0.1, 0.15) is 17.2 Å². The Morgan fingerprint density at radius 2 is 0.667 bits per heavy atom. The summed E-state index contributed by atoms with van der Waals surface area (Å²) in [7, 11) is 8.25. The van der Waals surface area contributed by atoms with Gasteiger partial charge in [0.2, 0.25) is 11.8 Å². The predicted octanol–water partition coefficient (Wildman–Crippen LogP) is 21.8. The molecule has 0 spiro atoms. The minimum Gasteiger partial charge on any atom is -0.494 e. The largest absolute Gasteiger partial charge is 0.494 e. The van der Waals surface area contributed by atoms with Crippen molar-refractivity contribution < 1.29 is 23.7 Å². The number of anilines is 3. The molecule has 0 N–H and O–H groups in total. The summed E-state index contributed by atoms with van der Waals surface area (Å²) in [6.45, 7) is 20.3. The molecule has 0 bridgehead atoms. The molecule has 3 heterocycles. The van der Waals surface area contributed by atoms with Crippen molar-refractivity contribution in [1.82, 2.24) is 15.0 Å². The second kappa shape index (κ2) is 38.7. The average molecular weight is 1290 g/mol. The molecular formula is C85H102N6O5. The molecule has 96 heavy (non-hydrogen) atoms. The van der Waals surface area contributed by atoms with E-state index in [1.165, 1.54) is 54.7 Å². The lowest BCUT2D eigenvalue weighted by Gasteiger charge is -2.21. The highest BCUT2D eigenvalue weighted by atomic mass is 16.5. The third-order valence-electron chi connectivity index (χ3n) is 16.6. The fraction of sp³-hybridized carbons (Fsp3) is 0.329. The molecule has 0 aliphatic carbocycles. The SMILES string of the molecule is CCCCCCCCOc1ccccc1-c1cc(-c2ccc(N(C)C)cc2)cc(-c2ccccc2)n1.CCCCOc1ccc(-c2cc(-c3ccc(N(C)C)cc3)cc(-c3ccc(OCCCC)cc3)n2)cc1.CCOc1cc(-c2ccc(N(CC)CC)cc2)cc(OCC)n1. The van der Waals surface area contributed by atoms with E-state index in [1.54, 1.807) is 0 Å². The predicted molar refractivity (Wildman–Crippen MR) is 405 cm³/mol. The van der Waals surface area contributed by atoms with E-state index in [1.807, 2.05) is 62.4 Å². The Kier molecular flexibility index (Phi) is 29.1. The van der Waals surface area contributed by atoms with Crippen LogP contribution in [0.5, 0.6) is 29.0 Å². The molecule has 0 aliphatic rings. The van der Waals surface area contributed by atoms with Gasteiger partial charge in [-0.1, -0.05) is 145 Å². The highest BCUT2D eigenvalue weighted by Gasteiger charge is 2.16. The Hall–Kier alpha value is -9.61. The highest BCUT2D eigenvalue weighted by Crippen LogP contribution is 2.37. The van der Waals surface area contributed by atoms with Gasteiger partial charge in [0.25, 0.3) is 0 Å². The molecule has 0 unspecified atom stereocenters. The Morgan fingerprint density at radius 1 is 0.292 bits per heavy atom. The Balaban J connectivity index is 0.000000190. The number of hydrogen-bond donors (Lipinski definition) is 0. The molecule has 10 rings (SSSR count). The molecule has 0 amide bonds. The van der Waals surface area contributed by atoms with Gasteiger partial charge in [-0.3, -0.25) is 0 Å². The summed E-state index contributed by atoms with van der Waals surface area (Å²) in [6.07, 6.45) is 11.9. The number of rotatable bonds is 32. The van der Waals surface area contributed by atoms with Crippen LogP contribution in [0.1, 0.15) is 113 Å². The van der Waals surface area contributed by atoms with Crippen molar-refractivity contribution in [2.24, 2.45) is 0 Å². The lowest BCUT2D eigenvalue weighted by Crippen LogP contribution is -2.21. The maximum Gasteiger partial charge on any atom is 0.217 e. The van der Waals surface area contributed by atoms with Crippen LogP contribution in [0, 0.1) is 0 Å². The average Bonchev–Trinajstić information content (AvgIpc) is 0.814. The molecule has 11 nitrogen and oxygen atoms in total. The van der Waals surface area contributed by atoms with Crippen molar-refractivity contribution in [1.29, 1.82) is 0 Å². The zero-order valence-electron chi connectivity index (χ0n) is 59.0. The number of nitrogens with zero attached hydrogens (tertiary/aromatic N) is 6. The third-order valence-corrected chi connectivity index (χ3v) is 16.6. The molecule has 0 saturated carbocycles. The molecule has 0 radical (unpaired) electrons. The topological polar surface area (TPSA) is 94.5 Å². The first-order valence-electron chi connectivity index (χ1n) is 34.9. The molecule has 0 atom stereocenters. The monoisotopic (exact) mass is 1290 g/mol. The van der Waals surface area contributed by atoms with Crippen molar-refractivity contribution in [3.8, 4) is 107 Å². The number of unbranched alkanes of at least 4 members (excludes halogenated alkanes) is 7. The minimum absolute atomic E-state index is 0.586. The zero-order valence-corrected chi connectivity index (χ0v) is 59.0. The maximum absolute atomic E-state index is 6.29. The summed E-state index contributed by atoms with van der Waals surface area (Å²) in [5.41, 5.74) is 18.4. The first-order valence-corrected chi connectivity index (χ1v) is 34.9. The van der Waals surface area contributed by atoms with Crippen LogP contribution in [0.4, 0.5) is 17.1 Å². The van der Waals surface area contributed by atoms with Crippen molar-refractivity contribution >= 4 is 17.1 Å². The standard InChI is InChI=1S/C33H38N2O2.C33H38N2O.C19H26N2O2/c1-5-7-21-36-30-17-11-26(12-18-30)32-23-28(25-9-15-29(16-10-25)35(3)4)24-33(34-32)27-13-19-31(20-14-27)37-22-8-6-2;1-4-5-6-7-8-14-23-36-33-18-13-12-17-30(33)32-25-28(26-19-21-29(22-20-26)35(2)3)24-31(34-32)27-15-10-9-11-16-27;1-5-21(6-2)17-11-9-15(10-12-17)16-13-18(22-7-3)20-19(14-16)23-8-4/h9-20,23-24H,5-8,21-22H2,1-4H3;9-13,15-22,24-25H,4-8,14,23H2,1-3H3;9-14H,5-8H2,1-4H3. The number of para-hydroxylation sites is 1. The number of hydrogen-bond acceptors (Lipinski definition) is 11. The molecule has 10 aromatic rings. The van der Waals surface area contributed by atoms with E-state index >= 15 is 0 Å². The second-order valence-corrected chi connectivity index (χ2v) is 24.2. The van der Waals surface area contributed by atoms with E-state index < -0.39 is 0 Å². The van der Waals surface area contributed by atoms with Crippen molar-refractivity contribution in [2.75, 3.05) is 89.0 Å². The van der Waals surface area contributed by atoms with Gasteiger partial charge < -0.3 is 38.4 Å². The van der Waals surface area contributed by atoms with E-state index in [0.717, 1.165) is 155 Å². The van der Waals surface area contributed by atoms with Crippen LogP contribution in [0.15, 0.2) is 212 Å². The second-order valence-electron chi connectivity index (χ2n) is 24.2. The number of ether oxygens (including phenoxy) is 5. The highest BCUT2D eigenvalue weighted by molar-refractivity contribution is 5.80. The fourth-order valence-corrected chi connectivity index (χ4v) is 11.0. The summed E-state index contributed by atoms with van der Waals surface area (Å²) in [4.78, 5) is 21.1. The number of benzene rings is 7. The van der Waals surface area contributed by atoms with E-state index in [-0.39, 0.29) is 0 Å². The molecule has 0 aliphatic heterocycles. The van der Waals surface area contributed by atoms with Gasteiger partial charge in [-0.2, -0.15) is 4.98 Å². The van der Waals surface area contributed by atoms with E-state index in [9.17, 15) is 0 Å². The van der Waals surface area contributed by atoms with E-state index in [2.05, 4.69) is 246 Å². The van der Waals surface area contributed by atoms with Crippen LogP contribution in [0.3, 0.4) is 0 Å². The maximum atomic E-state index is 6.29. The van der Waals surface area contributed by atoms with Crippen LogP contribution in [-0.2, 0) is 0 Å². The smallest absolute Gasteiger partial charge is 0.217 e. The summed E-state index contributed by atoms with van der Waals surface area (Å²) >= 11 is 0. The number of pyridine rings is 3. The minimum atomic E-state index is 0.586. The summed E-state index contributed by atoms with van der Waals surface area (Å²) in [5.74, 6) is 3.89. The summed E-state index contributed by atoms with van der Waals surface area (Å²) in [6, 6.07) is 73.8. The fourth-order valence-electron chi connectivity index (χ4n) is 11.0. The molecular weight excluding hydrogens is 1180 g/mol. The van der Waals surface area contributed by atoms with Gasteiger partial charge in [0.15, 0.2) is 0 Å². The molecule has 502 valence electrons. The van der Waals surface area contributed by atoms with Gasteiger partial charge in [-0.15, -0.1) is 0 Å². The third kappa shape index (κ3) is 21.7. The lowest BCUT2D eigenvalue weighted by molar-refractivity contribution is 0.299. The van der Waals surface area contributed by atoms with E-state index in [0.29, 0.717) is 25.0 Å². The quantitative estimate of drug-likeness (QED) is 0.0377. The molecule has 0 fully saturated rings. The van der Waals surface area contributed by atoms with Crippen LogP contribution < -0.4 is 38.4 Å². The van der Waals surface area contributed by atoms with Crippen LogP contribution >= 0.6 is 0 Å². The van der Waals surface area contributed by atoms with E-state index in [4.69, 9.17) is 33.7 Å². The number of aromatic nitrogens is 3. The summed E-state index contributed by atoms with van der Waals surface area (Å²) in [5, 5.41) is 0. The Morgan fingerprint density at radius 3 is 1.11 bits per heavy atom. The molecule has 3 aromatic heterocycles. The van der Waals surface area contributed by atoms with Crippen molar-refractivity contribution in [3.05, 3.63) is 212 Å². The normalized spacial score (nSPS) is 10.7.